The third-order valence-corrected chi connectivity index (χ3v) is 4.97. The van der Waals surface area contributed by atoms with E-state index >= 15 is 0 Å². The standard InChI is InChI=1S/C17H15N5O2S/c18-9-16-2-1-3-17(8-16)25(23,24)21-10-14-4-6-15(7-5-14)11-22-13-19-12-20-22/h1-8,12-13,21H,10-11H2. The molecule has 0 saturated heterocycles. The van der Waals surface area contributed by atoms with E-state index in [0.29, 0.717) is 12.1 Å². The summed E-state index contributed by atoms with van der Waals surface area (Å²) in [5.41, 5.74) is 2.18. The lowest BCUT2D eigenvalue weighted by Gasteiger charge is -2.08. The van der Waals surface area contributed by atoms with Crippen molar-refractivity contribution in [1.82, 2.24) is 19.5 Å². The Hall–Kier alpha value is -3.02. The molecule has 0 radical (unpaired) electrons. The van der Waals surface area contributed by atoms with Crippen LogP contribution in [0.1, 0.15) is 16.7 Å². The summed E-state index contributed by atoms with van der Waals surface area (Å²) < 4.78 is 28.9. The molecule has 2 aromatic carbocycles. The molecule has 0 bridgehead atoms. The maximum Gasteiger partial charge on any atom is 0.240 e. The first kappa shape index (κ1) is 16.8. The van der Waals surface area contributed by atoms with Gasteiger partial charge in [-0.2, -0.15) is 10.4 Å². The summed E-state index contributed by atoms with van der Waals surface area (Å²) in [5, 5.41) is 12.9. The highest BCUT2D eigenvalue weighted by Gasteiger charge is 2.14. The van der Waals surface area contributed by atoms with E-state index in [0.717, 1.165) is 11.1 Å². The summed E-state index contributed by atoms with van der Waals surface area (Å²) in [6, 6.07) is 15.4. The number of nitriles is 1. The van der Waals surface area contributed by atoms with Crippen LogP contribution in [0.25, 0.3) is 0 Å². The lowest BCUT2D eigenvalue weighted by molar-refractivity contribution is 0.581. The molecule has 1 aromatic heterocycles. The number of benzene rings is 2. The Labute approximate surface area is 145 Å². The Morgan fingerprint density at radius 2 is 1.88 bits per heavy atom. The number of nitrogens with one attached hydrogen (secondary N) is 1. The second-order valence-corrected chi connectivity index (χ2v) is 7.14. The molecule has 126 valence electrons. The molecule has 7 nitrogen and oxygen atoms in total. The van der Waals surface area contributed by atoms with Crippen molar-refractivity contribution in [2.24, 2.45) is 0 Å². The van der Waals surface area contributed by atoms with Gasteiger partial charge < -0.3 is 0 Å². The van der Waals surface area contributed by atoms with E-state index in [9.17, 15) is 8.42 Å². The van der Waals surface area contributed by atoms with Gasteiger partial charge in [-0.05, 0) is 29.3 Å². The van der Waals surface area contributed by atoms with Crippen molar-refractivity contribution in [1.29, 1.82) is 5.26 Å². The Morgan fingerprint density at radius 3 is 2.56 bits per heavy atom. The number of rotatable bonds is 6. The topological polar surface area (TPSA) is 101 Å². The second kappa shape index (κ2) is 7.25. The van der Waals surface area contributed by atoms with Crippen LogP contribution in [0, 0.1) is 11.3 Å². The Bertz CT molecular complexity index is 990. The van der Waals surface area contributed by atoms with Crippen LogP contribution in [0.5, 0.6) is 0 Å². The predicted octanol–water partition coefficient (Wildman–Crippen LogP) is 1.68. The zero-order valence-corrected chi connectivity index (χ0v) is 14.0. The first-order valence-corrected chi connectivity index (χ1v) is 8.95. The van der Waals surface area contributed by atoms with Gasteiger partial charge in [-0.25, -0.2) is 22.8 Å². The molecule has 0 aliphatic rings. The van der Waals surface area contributed by atoms with Gasteiger partial charge in [-0.15, -0.1) is 0 Å². The van der Waals surface area contributed by atoms with Gasteiger partial charge in [0.15, 0.2) is 0 Å². The van der Waals surface area contributed by atoms with Gasteiger partial charge in [0.05, 0.1) is 23.1 Å². The number of nitrogens with zero attached hydrogens (tertiary/aromatic N) is 4. The van der Waals surface area contributed by atoms with Gasteiger partial charge >= 0.3 is 0 Å². The molecule has 1 heterocycles. The van der Waals surface area contributed by atoms with Crippen LogP contribution in [-0.2, 0) is 23.1 Å². The van der Waals surface area contributed by atoms with E-state index in [-0.39, 0.29) is 11.4 Å². The molecule has 8 heteroatoms. The van der Waals surface area contributed by atoms with Gasteiger partial charge in [0.2, 0.25) is 10.0 Å². The Kier molecular flexibility index (Phi) is 4.88. The third-order valence-electron chi connectivity index (χ3n) is 3.57. The quantitative estimate of drug-likeness (QED) is 0.726. The van der Waals surface area contributed by atoms with Crippen LogP contribution in [-0.4, -0.2) is 23.2 Å². The predicted molar refractivity (Wildman–Crippen MR) is 90.7 cm³/mol. The van der Waals surface area contributed by atoms with Crippen LogP contribution >= 0.6 is 0 Å². The van der Waals surface area contributed by atoms with E-state index in [2.05, 4.69) is 14.8 Å². The fraction of sp³-hybridized carbons (Fsp3) is 0.118. The molecule has 0 saturated carbocycles. The third kappa shape index (κ3) is 4.29. The highest BCUT2D eigenvalue weighted by atomic mass is 32.2. The van der Waals surface area contributed by atoms with E-state index in [1.807, 2.05) is 30.3 Å². The molecule has 0 spiro atoms. The van der Waals surface area contributed by atoms with Crippen molar-refractivity contribution < 1.29 is 8.42 Å². The molecular weight excluding hydrogens is 338 g/mol. The molecule has 3 rings (SSSR count). The Morgan fingerprint density at radius 1 is 1.12 bits per heavy atom. The number of hydrogen-bond donors (Lipinski definition) is 1. The fourth-order valence-corrected chi connectivity index (χ4v) is 3.32. The van der Waals surface area contributed by atoms with E-state index in [1.165, 1.54) is 18.5 Å². The zero-order chi connectivity index (χ0) is 17.7. The minimum atomic E-state index is -3.67. The highest BCUT2D eigenvalue weighted by molar-refractivity contribution is 7.89. The van der Waals surface area contributed by atoms with Gasteiger partial charge in [0.1, 0.15) is 12.7 Å². The van der Waals surface area contributed by atoms with Crippen molar-refractivity contribution >= 4 is 10.0 Å². The molecule has 0 atom stereocenters. The lowest BCUT2D eigenvalue weighted by Crippen LogP contribution is -2.23. The molecule has 0 fully saturated rings. The van der Waals surface area contributed by atoms with Gasteiger partial charge in [-0.1, -0.05) is 30.3 Å². The fourth-order valence-electron chi connectivity index (χ4n) is 2.26. The van der Waals surface area contributed by atoms with Crippen LogP contribution < -0.4 is 4.72 Å². The van der Waals surface area contributed by atoms with Crippen LogP contribution in [0.2, 0.25) is 0 Å². The SMILES string of the molecule is N#Cc1cccc(S(=O)(=O)NCc2ccc(Cn3cncn3)cc2)c1. The van der Waals surface area contributed by atoms with Crippen LogP contribution in [0.3, 0.4) is 0 Å². The summed E-state index contributed by atoms with van der Waals surface area (Å²) in [4.78, 5) is 3.97. The second-order valence-electron chi connectivity index (χ2n) is 5.37. The molecule has 1 N–H and O–H groups in total. The average molecular weight is 353 g/mol. The van der Waals surface area contributed by atoms with Crippen molar-refractivity contribution in [2.45, 2.75) is 18.0 Å². The van der Waals surface area contributed by atoms with Crippen molar-refractivity contribution in [2.75, 3.05) is 0 Å². The van der Waals surface area contributed by atoms with Crippen molar-refractivity contribution in [3.05, 3.63) is 77.9 Å². The first-order chi connectivity index (χ1) is 12.1. The highest BCUT2D eigenvalue weighted by Crippen LogP contribution is 2.12. The normalized spacial score (nSPS) is 11.2. The molecule has 0 amide bonds. The Balaban J connectivity index is 1.65. The first-order valence-electron chi connectivity index (χ1n) is 7.47. The number of sulfonamides is 1. The molecule has 0 aliphatic carbocycles. The maximum atomic E-state index is 12.3. The summed E-state index contributed by atoms with van der Waals surface area (Å²) in [6.07, 6.45) is 3.11. The number of aromatic nitrogens is 3. The van der Waals surface area contributed by atoms with Crippen molar-refractivity contribution in [3.63, 3.8) is 0 Å². The molecule has 0 aliphatic heterocycles. The van der Waals surface area contributed by atoms with Gasteiger partial charge in [-0.3, -0.25) is 0 Å². The minimum absolute atomic E-state index is 0.0781. The molecule has 25 heavy (non-hydrogen) atoms. The summed E-state index contributed by atoms with van der Waals surface area (Å²) in [5.74, 6) is 0. The van der Waals surface area contributed by atoms with E-state index in [1.54, 1.807) is 23.1 Å². The molecule has 3 aromatic rings. The molecule has 0 unspecified atom stereocenters. The smallest absolute Gasteiger partial charge is 0.240 e. The maximum absolute atomic E-state index is 12.3. The van der Waals surface area contributed by atoms with E-state index in [4.69, 9.17) is 5.26 Å². The van der Waals surface area contributed by atoms with E-state index < -0.39 is 10.0 Å². The largest absolute Gasteiger partial charge is 0.249 e. The van der Waals surface area contributed by atoms with Gasteiger partial charge in [0.25, 0.3) is 0 Å². The summed E-state index contributed by atoms with van der Waals surface area (Å²) in [7, 11) is -3.67. The van der Waals surface area contributed by atoms with Crippen molar-refractivity contribution in [3.8, 4) is 6.07 Å². The zero-order valence-electron chi connectivity index (χ0n) is 13.2. The minimum Gasteiger partial charge on any atom is -0.249 e. The van der Waals surface area contributed by atoms with Crippen LogP contribution in [0.4, 0.5) is 0 Å². The summed E-state index contributed by atoms with van der Waals surface area (Å²) >= 11 is 0. The van der Waals surface area contributed by atoms with Crippen LogP contribution in [0.15, 0.2) is 66.1 Å². The lowest BCUT2D eigenvalue weighted by atomic mass is 10.1. The summed E-state index contributed by atoms with van der Waals surface area (Å²) in [6.45, 7) is 0.773. The molecular formula is C17H15N5O2S. The van der Waals surface area contributed by atoms with Gasteiger partial charge in [0, 0.05) is 6.54 Å². The number of hydrogen-bond acceptors (Lipinski definition) is 5. The average Bonchev–Trinajstić information content (AvgIpc) is 3.14. The monoisotopic (exact) mass is 353 g/mol.